The fourth-order valence-electron chi connectivity index (χ4n) is 3.21. The number of nitrogens with zero attached hydrogens (tertiary/aromatic N) is 1. The first kappa shape index (κ1) is 14.7. The summed E-state index contributed by atoms with van der Waals surface area (Å²) in [5, 5.41) is 4.19. The van der Waals surface area contributed by atoms with Gasteiger partial charge >= 0.3 is 6.03 Å². The Hall–Kier alpha value is -2.23. The zero-order valence-electron chi connectivity index (χ0n) is 13.4. The Balaban J connectivity index is 2.00. The summed E-state index contributed by atoms with van der Waals surface area (Å²) in [6.07, 6.45) is 4.83. The van der Waals surface area contributed by atoms with E-state index in [2.05, 4.69) is 49.3 Å². The minimum absolute atomic E-state index is 0.0272. The molecule has 1 aliphatic heterocycles. The van der Waals surface area contributed by atoms with E-state index in [0.717, 1.165) is 17.6 Å². The van der Waals surface area contributed by atoms with E-state index < -0.39 is 0 Å². The quantitative estimate of drug-likeness (QED) is 0.869. The SMILES string of the molecule is CCCNC(=O)N1C=Cc2[nH]c3ccccc3c2C(C)(C)C1. The molecule has 0 spiro atoms. The summed E-state index contributed by atoms with van der Waals surface area (Å²) in [6.45, 7) is 7.81. The van der Waals surface area contributed by atoms with Gasteiger partial charge in [-0.05, 0) is 24.1 Å². The maximum atomic E-state index is 12.3. The zero-order valence-corrected chi connectivity index (χ0v) is 13.4. The average molecular weight is 297 g/mol. The van der Waals surface area contributed by atoms with Crippen LogP contribution in [0, 0.1) is 0 Å². The van der Waals surface area contributed by atoms with Crippen LogP contribution in [0.5, 0.6) is 0 Å². The molecule has 4 nitrogen and oxygen atoms in total. The molecule has 0 saturated heterocycles. The lowest BCUT2D eigenvalue weighted by atomic mass is 9.82. The summed E-state index contributed by atoms with van der Waals surface area (Å²) in [7, 11) is 0. The van der Waals surface area contributed by atoms with Gasteiger partial charge in [-0.15, -0.1) is 0 Å². The molecule has 1 aromatic carbocycles. The number of H-pyrrole nitrogens is 1. The predicted molar refractivity (Wildman–Crippen MR) is 90.8 cm³/mol. The molecule has 0 unspecified atom stereocenters. The number of carbonyl (C=O) groups excluding carboxylic acids is 1. The summed E-state index contributed by atoms with van der Waals surface area (Å²) in [5.41, 5.74) is 3.40. The molecule has 1 aliphatic rings. The maximum Gasteiger partial charge on any atom is 0.321 e. The van der Waals surface area contributed by atoms with E-state index in [4.69, 9.17) is 0 Å². The van der Waals surface area contributed by atoms with Crippen LogP contribution in [0.2, 0.25) is 0 Å². The molecule has 1 aromatic heterocycles. The van der Waals surface area contributed by atoms with Crippen LogP contribution in [-0.2, 0) is 5.41 Å². The highest BCUT2D eigenvalue weighted by molar-refractivity contribution is 5.89. The van der Waals surface area contributed by atoms with E-state index in [1.165, 1.54) is 10.9 Å². The second-order valence-corrected chi connectivity index (χ2v) is 6.52. The Morgan fingerprint density at radius 3 is 2.91 bits per heavy atom. The zero-order chi connectivity index (χ0) is 15.7. The van der Waals surface area contributed by atoms with Gasteiger partial charge in [-0.2, -0.15) is 0 Å². The number of hydrogen-bond acceptors (Lipinski definition) is 1. The lowest BCUT2D eigenvalue weighted by Gasteiger charge is -2.29. The van der Waals surface area contributed by atoms with Gasteiger partial charge in [-0.3, -0.25) is 0 Å². The largest absolute Gasteiger partial charge is 0.355 e. The third-order valence-corrected chi connectivity index (χ3v) is 4.19. The van der Waals surface area contributed by atoms with Gasteiger partial charge < -0.3 is 15.2 Å². The van der Waals surface area contributed by atoms with Crippen LogP contribution in [0.15, 0.2) is 30.5 Å². The predicted octanol–water partition coefficient (Wildman–Crippen LogP) is 3.85. The Morgan fingerprint density at radius 2 is 2.14 bits per heavy atom. The third-order valence-electron chi connectivity index (χ3n) is 4.19. The molecule has 0 bridgehead atoms. The molecule has 0 radical (unpaired) electrons. The number of urea groups is 1. The number of hydrogen-bond donors (Lipinski definition) is 2. The molecule has 0 fully saturated rings. The smallest absolute Gasteiger partial charge is 0.321 e. The number of benzene rings is 1. The fourth-order valence-corrected chi connectivity index (χ4v) is 3.21. The second kappa shape index (κ2) is 5.52. The minimum atomic E-state index is -0.123. The standard InChI is InChI=1S/C18H23N3O/c1-4-10-19-17(22)21-11-9-15-16(18(2,3)12-21)13-7-5-6-8-14(13)20-15/h5-9,11,20H,4,10,12H2,1-3H3,(H,19,22). The van der Waals surface area contributed by atoms with Crippen molar-refractivity contribution in [3.63, 3.8) is 0 Å². The Kier molecular flexibility index (Phi) is 3.69. The average Bonchev–Trinajstić information content (AvgIpc) is 2.81. The van der Waals surface area contributed by atoms with Crippen LogP contribution < -0.4 is 5.32 Å². The molecule has 2 amide bonds. The van der Waals surface area contributed by atoms with E-state index >= 15 is 0 Å². The van der Waals surface area contributed by atoms with Gasteiger partial charge in [-0.25, -0.2) is 4.79 Å². The van der Waals surface area contributed by atoms with Crippen molar-refractivity contribution >= 4 is 23.0 Å². The molecule has 3 rings (SSSR count). The summed E-state index contributed by atoms with van der Waals surface area (Å²) in [6, 6.07) is 8.32. The van der Waals surface area contributed by atoms with Crippen molar-refractivity contribution in [2.45, 2.75) is 32.6 Å². The van der Waals surface area contributed by atoms with E-state index in [0.29, 0.717) is 13.1 Å². The molecule has 2 aromatic rings. The van der Waals surface area contributed by atoms with E-state index in [-0.39, 0.29) is 11.4 Å². The Labute approximate surface area is 131 Å². The first-order chi connectivity index (χ1) is 10.5. The number of amides is 2. The molecular formula is C18H23N3O. The first-order valence-electron chi connectivity index (χ1n) is 7.87. The fraction of sp³-hybridized carbons (Fsp3) is 0.389. The molecular weight excluding hydrogens is 274 g/mol. The number of aromatic amines is 1. The van der Waals surface area contributed by atoms with Crippen molar-refractivity contribution < 1.29 is 4.79 Å². The van der Waals surface area contributed by atoms with E-state index in [1.54, 1.807) is 4.90 Å². The van der Waals surface area contributed by atoms with Gasteiger partial charge in [0, 0.05) is 41.3 Å². The minimum Gasteiger partial charge on any atom is -0.355 e. The molecule has 0 saturated carbocycles. The summed E-state index contributed by atoms with van der Waals surface area (Å²) in [5.74, 6) is 0. The lowest BCUT2D eigenvalue weighted by Crippen LogP contribution is -2.42. The third kappa shape index (κ3) is 2.49. The monoisotopic (exact) mass is 297 g/mol. The van der Waals surface area contributed by atoms with Gasteiger partial charge in [0.15, 0.2) is 0 Å². The van der Waals surface area contributed by atoms with Crippen LogP contribution in [0.1, 0.15) is 38.4 Å². The number of fused-ring (bicyclic) bond motifs is 3. The van der Waals surface area contributed by atoms with Crippen molar-refractivity contribution in [3.05, 3.63) is 41.7 Å². The highest BCUT2D eigenvalue weighted by Gasteiger charge is 2.32. The number of carbonyl (C=O) groups is 1. The number of para-hydroxylation sites is 1. The highest BCUT2D eigenvalue weighted by atomic mass is 16.2. The van der Waals surface area contributed by atoms with Crippen molar-refractivity contribution in [1.29, 1.82) is 0 Å². The van der Waals surface area contributed by atoms with Crippen molar-refractivity contribution in [3.8, 4) is 0 Å². The Bertz CT molecular complexity index is 727. The topological polar surface area (TPSA) is 48.1 Å². The van der Waals surface area contributed by atoms with Crippen LogP contribution >= 0.6 is 0 Å². The normalized spacial score (nSPS) is 16.4. The van der Waals surface area contributed by atoms with Crippen LogP contribution in [-0.4, -0.2) is 29.0 Å². The highest BCUT2D eigenvalue weighted by Crippen LogP contribution is 2.36. The van der Waals surface area contributed by atoms with E-state index in [1.807, 2.05) is 18.3 Å². The van der Waals surface area contributed by atoms with Gasteiger partial charge in [0.1, 0.15) is 0 Å². The molecule has 2 N–H and O–H groups in total. The van der Waals surface area contributed by atoms with Crippen molar-refractivity contribution in [2.75, 3.05) is 13.1 Å². The maximum absolute atomic E-state index is 12.3. The molecule has 2 heterocycles. The summed E-state index contributed by atoms with van der Waals surface area (Å²) in [4.78, 5) is 17.5. The second-order valence-electron chi connectivity index (χ2n) is 6.52. The molecule has 4 heteroatoms. The van der Waals surface area contributed by atoms with Crippen molar-refractivity contribution in [2.24, 2.45) is 0 Å². The van der Waals surface area contributed by atoms with Crippen molar-refractivity contribution in [1.82, 2.24) is 15.2 Å². The van der Waals surface area contributed by atoms with Gasteiger partial charge in [0.05, 0.1) is 0 Å². The lowest BCUT2D eigenvalue weighted by molar-refractivity contribution is 0.207. The summed E-state index contributed by atoms with van der Waals surface area (Å²) >= 11 is 0. The Morgan fingerprint density at radius 1 is 1.36 bits per heavy atom. The van der Waals surface area contributed by atoms with Gasteiger partial charge in [-0.1, -0.05) is 39.0 Å². The van der Waals surface area contributed by atoms with E-state index in [9.17, 15) is 4.79 Å². The number of aromatic nitrogens is 1. The van der Waals surface area contributed by atoms with Crippen LogP contribution in [0.25, 0.3) is 17.0 Å². The molecule has 22 heavy (non-hydrogen) atoms. The van der Waals surface area contributed by atoms with Crippen LogP contribution in [0.3, 0.4) is 0 Å². The molecule has 0 aliphatic carbocycles. The summed E-state index contributed by atoms with van der Waals surface area (Å²) < 4.78 is 0. The van der Waals surface area contributed by atoms with Crippen LogP contribution in [0.4, 0.5) is 4.79 Å². The first-order valence-corrected chi connectivity index (χ1v) is 7.87. The molecule has 0 atom stereocenters. The molecule has 116 valence electrons. The number of rotatable bonds is 2. The number of nitrogens with one attached hydrogen (secondary N) is 2. The van der Waals surface area contributed by atoms with Gasteiger partial charge in [0.2, 0.25) is 0 Å². The van der Waals surface area contributed by atoms with Gasteiger partial charge in [0.25, 0.3) is 0 Å².